The van der Waals surface area contributed by atoms with E-state index in [1.165, 1.54) is 12.1 Å². The summed E-state index contributed by atoms with van der Waals surface area (Å²) >= 11 is 0. The molecule has 0 aliphatic carbocycles. The van der Waals surface area contributed by atoms with Crippen LogP contribution in [0, 0.1) is 12.7 Å². The van der Waals surface area contributed by atoms with Crippen molar-refractivity contribution >= 4 is 11.8 Å². The van der Waals surface area contributed by atoms with E-state index >= 15 is 0 Å². The molecular weight excluding hydrogens is 347 g/mol. The van der Waals surface area contributed by atoms with E-state index in [0.717, 1.165) is 5.56 Å². The predicted molar refractivity (Wildman–Crippen MR) is 98.4 cm³/mol. The Morgan fingerprint density at radius 3 is 2.67 bits per heavy atom. The Kier molecular flexibility index (Phi) is 4.34. The molecule has 140 valence electrons. The van der Waals surface area contributed by atoms with Crippen molar-refractivity contribution in [1.82, 2.24) is 10.2 Å². The van der Waals surface area contributed by atoms with Crippen molar-refractivity contribution in [2.24, 2.45) is 0 Å². The third kappa shape index (κ3) is 3.27. The number of carbonyl (C=O) groups excluding carboxylic acids is 2. The highest BCUT2D eigenvalue weighted by Crippen LogP contribution is 2.33. The fourth-order valence-corrected chi connectivity index (χ4v) is 3.72. The number of halogens is 1. The Balaban J connectivity index is 1.51. The fraction of sp³-hybridized carbons (Fsp3) is 0.333. The second-order valence-corrected chi connectivity index (χ2v) is 7.24. The summed E-state index contributed by atoms with van der Waals surface area (Å²) in [6, 6.07) is 11.6. The Morgan fingerprint density at radius 1 is 1.19 bits per heavy atom. The monoisotopic (exact) mass is 368 g/mol. The molecule has 2 aliphatic rings. The first-order chi connectivity index (χ1) is 13.0. The molecule has 5 nitrogen and oxygen atoms in total. The number of nitrogens with one attached hydrogen (secondary N) is 1. The summed E-state index contributed by atoms with van der Waals surface area (Å²) in [5.74, 6) is -0.387. The Labute approximate surface area is 157 Å². The van der Waals surface area contributed by atoms with E-state index in [9.17, 15) is 14.0 Å². The average Bonchev–Trinajstić information content (AvgIpc) is 2.80. The van der Waals surface area contributed by atoms with Gasteiger partial charge in [-0.15, -0.1) is 0 Å². The van der Waals surface area contributed by atoms with Crippen LogP contribution in [0.5, 0.6) is 5.75 Å². The van der Waals surface area contributed by atoms with Crippen LogP contribution in [0.25, 0.3) is 0 Å². The molecule has 0 unspecified atom stereocenters. The SMILES string of the molecule is Cc1ccc2c(c1)C(=O)NCC1(CCN(C(=O)c3ccccc3F)CC1)O2. The molecule has 0 aromatic heterocycles. The minimum absolute atomic E-state index is 0.0874. The van der Waals surface area contributed by atoms with Crippen LogP contribution in [0.3, 0.4) is 0 Å². The molecule has 2 heterocycles. The fourth-order valence-electron chi connectivity index (χ4n) is 3.72. The van der Waals surface area contributed by atoms with Crippen LogP contribution in [-0.2, 0) is 0 Å². The van der Waals surface area contributed by atoms with Crippen molar-refractivity contribution in [1.29, 1.82) is 0 Å². The zero-order chi connectivity index (χ0) is 19.0. The van der Waals surface area contributed by atoms with E-state index in [4.69, 9.17) is 4.74 Å². The number of aryl methyl sites for hydroxylation is 1. The number of hydrogen-bond acceptors (Lipinski definition) is 3. The number of hydrogen-bond donors (Lipinski definition) is 1. The Hall–Kier alpha value is -2.89. The standard InChI is InChI=1S/C21H21FN2O3/c1-14-6-7-18-16(12-14)19(25)23-13-21(27-18)8-10-24(11-9-21)20(26)15-4-2-3-5-17(15)22/h2-7,12H,8-11,13H2,1H3,(H,23,25). The number of fused-ring (bicyclic) bond motifs is 1. The molecule has 0 bridgehead atoms. The summed E-state index contributed by atoms with van der Waals surface area (Å²) in [6.07, 6.45) is 1.14. The quantitative estimate of drug-likeness (QED) is 0.842. The average molecular weight is 368 g/mol. The van der Waals surface area contributed by atoms with Crippen molar-refractivity contribution in [2.45, 2.75) is 25.4 Å². The number of piperidine rings is 1. The van der Waals surface area contributed by atoms with Crippen molar-refractivity contribution in [3.05, 3.63) is 65.0 Å². The smallest absolute Gasteiger partial charge is 0.256 e. The maximum Gasteiger partial charge on any atom is 0.256 e. The highest BCUT2D eigenvalue weighted by molar-refractivity contribution is 5.97. The lowest BCUT2D eigenvalue weighted by atomic mass is 9.90. The minimum atomic E-state index is -0.553. The summed E-state index contributed by atoms with van der Waals surface area (Å²) in [4.78, 5) is 26.7. The maximum atomic E-state index is 13.9. The van der Waals surface area contributed by atoms with Crippen molar-refractivity contribution in [3.8, 4) is 5.75 Å². The van der Waals surface area contributed by atoms with E-state index in [2.05, 4.69) is 5.32 Å². The van der Waals surface area contributed by atoms with Crippen LogP contribution in [0.4, 0.5) is 4.39 Å². The summed E-state index contributed by atoms with van der Waals surface area (Å²) in [6.45, 7) is 3.22. The Morgan fingerprint density at radius 2 is 1.93 bits per heavy atom. The first-order valence-corrected chi connectivity index (χ1v) is 9.09. The van der Waals surface area contributed by atoms with Gasteiger partial charge in [0, 0.05) is 25.9 Å². The number of likely N-dealkylation sites (tertiary alicyclic amines) is 1. The molecule has 0 saturated carbocycles. The number of carbonyl (C=O) groups is 2. The molecule has 27 heavy (non-hydrogen) atoms. The highest BCUT2D eigenvalue weighted by Gasteiger charge is 2.41. The maximum absolute atomic E-state index is 13.9. The molecule has 6 heteroatoms. The van der Waals surface area contributed by atoms with Gasteiger partial charge in [-0.05, 0) is 31.2 Å². The molecule has 2 amide bonds. The summed E-state index contributed by atoms with van der Waals surface area (Å²) in [5.41, 5.74) is 1.07. The zero-order valence-electron chi connectivity index (χ0n) is 15.1. The number of rotatable bonds is 1. The third-order valence-corrected chi connectivity index (χ3v) is 5.34. The molecule has 1 fully saturated rings. The molecule has 0 atom stereocenters. The topological polar surface area (TPSA) is 58.6 Å². The van der Waals surface area contributed by atoms with E-state index in [0.29, 0.717) is 43.8 Å². The number of benzene rings is 2. The molecule has 0 radical (unpaired) electrons. The van der Waals surface area contributed by atoms with Crippen molar-refractivity contribution < 1.29 is 18.7 Å². The lowest BCUT2D eigenvalue weighted by Crippen LogP contribution is -2.54. The second kappa shape index (κ2) is 6.68. The van der Waals surface area contributed by atoms with Crippen molar-refractivity contribution in [2.75, 3.05) is 19.6 Å². The highest BCUT2D eigenvalue weighted by atomic mass is 19.1. The molecule has 2 aliphatic heterocycles. The van der Waals surface area contributed by atoms with Crippen LogP contribution >= 0.6 is 0 Å². The first-order valence-electron chi connectivity index (χ1n) is 9.09. The van der Waals surface area contributed by atoms with Gasteiger partial charge >= 0.3 is 0 Å². The van der Waals surface area contributed by atoms with Gasteiger partial charge in [-0.25, -0.2) is 4.39 Å². The van der Waals surface area contributed by atoms with E-state index in [1.807, 2.05) is 25.1 Å². The molecule has 1 N–H and O–H groups in total. The van der Waals surface area contributed by atoms with Crippen LogP contribution in [0.15, 0.2) is 42.5 Å². The second-order valence-electron chi connectivity index (χ2n) is 7.24. The van der Waals surface area contributed by atoms with E-state index in [1.54, 1.807) is 17.0 Å². The lowest BCUT2D eigenvalue weighted by Gasteiger charge is -2.41. The van der Waals surface area contributed by atoms with Crippen LogP contribution < -0.4 is 10.1 Å². The van der Waals surface area contributed by atoms with Crippen LogP contribution in [0.2, 0.25) is 0 Å². The van der Waals surface area contributed by atoms with Gasteiger partial charge in [0.2, 0.25) is 0 Å². The molecule has 1 saturated heterocycles. The largest absolute Gasteiger partial charge is 0.484 e. The summed E-state index contributed by atoms with van der Waals surface area (Å²) in [7, 11) is 0. The van der Waals surface area contributed by atoms with Crippen LogP contribution in [-0.4, -0.2) is 41.9 Å². The molecule has 1 spiro atoms. The third-order valence-electron chi connectivity index (χ3n) is 5.34. The predicted octanol–water partition coefficient (Wildman–Crippen LogP) is 2.93. The zero-order valence-corrected chi connectivity index (χ0v) is 15.1. The van der Waals surface area contributed by atoms with Gasteiger partial charge in [-0.2, -0.15) is 0 Å². The molecule has 2 aromatic carbocycles. The first kappa shape index (κ1) is 17.5. The van der Waals surface area contributed by atoms with Gasteiger partial charge in [-0.3, -0.25) is 9.59 Å². The molecule has 4 rings (SSSR count). The van der Waals surface area contributed by atoms with E-state index in [-0.39, 0.29) is 17.4 Å². The van der Waals surface area contributed by atoms with Gasteiger partial charge in [0.25, 0.3) is 11.8 Å². The number of ether oxygens (including phenoxy) is 1. The molecule has 2 aromatic rings. The number of amides is 2. The van der Waals surface area contributed by atoms with Crippen molar-refractivity contribution in [3.63, 3.8) is 0 Å². The lowest BCUT2D eigenvalue weighted by molar-refractivity contribution is 0.00757. The summed E-state index contributed by atoms with van der Waals surface area (Å²) < 4.78 is 20.2. The minimum Gasteiger partial charge on any atom is -0.484 e. The van der Waals surface area contributed by atoms with Gasteiger partial charge in [0.05, 0.1) is 17.7 Å². The van der Waals surface area contributed by atoms with Gasteiger partial charge < -0.3 is 15.0 Å². The Bertz CT molecular complexity index is 904. The van der Waals surface area contributed by atoms with Gasteiger partial charge in [0.1, 0.15) is 17.2 Å². The number of nitrogens with zero attached hydrogens (tertiary/aromatic N) is 1. The normalized spacial score (nSPS) is 18.3. The van der Waals surface area contributed by atoms with Gasteiger partial charge in [0.15, 0.2) is 0 Å². The van der Waals surface area contributed by atoms with Gasteiger partial charge in [-0.1, -0.05) is 23.8 Å². The molecular formula is C21H21FN2O3. The van der Waals surface area contributed by atoms with Crippen LogP contribution in [0.1, 0.15) is 39.1 Å². The van der Waals surface area contributed by atoms with E-state index < -0.39 is 11.4 Å². The summed E-state index contributed by atoms with van der Waals surface area (Å²) in [5, 5.41) is 2.95.